The third-order valence-corrected chi connectivity index (χ3v) is 15.0. The SMILES string of the molecule is C[Si]1(C)c2ccccc2-c2cc(-c3nc(-c4ccc(-c5ccc6ccccc6c5)cc4)nc(-c4cccc5sc6ccccc6c45)n3)ccc21. The van der Waals surface area contributed by atoms with Crippen molar-refractivity contribution in [3.05, 3.63) is 152 Å². The molecule has 0 saturated heterocycles. The van der Waals surface area contributed by atoms with Gasteiger partial charge in [0.25, 0.3) is 0 Å². The average molecular weight is 674 g/mol. The number of thiophene rings is 1. The van der Waals surface area contributed by atoms with Crippen LogP contribution < -0.4 is 10.4 Å². The molecule has 0 radical (unpaired) electrons. The van der Waals surface area contributed by atoms with E-state index in [0.29, 0.717) is 17.5 Å². The van der Waals surface area contributed by atoms with E-state index in [0.717, 1.165) is 22.3 Å². The van der Waals surface area contributed by atoms with E-state index in [1.807, 2.05) is 11.3 Å². The van der Waals surface area contributed by atoms with E-state index in [4.69, 9.17) is 15.0 Å². The lowest BCUT2D eigenvalue weighted by atomic mass is 10.00. The van der Waals surface area contributed by atoms with Crippen LogP contribution in [0.3, 0.4) is 0 Å². The molecule has 0 N–H and O–H groups in total. The van der Waals surface area contributed by atoms with Crippen molar-refractivity contribution in [1.29, 1.82) is 0 Å². The molecule has 0 bridgehead atoms. The summed E-state index contributed by atoms with van der Waals surface area (Å²) in [6.45, 7) is 4.90. The molecule has 0 aliphatic carbocycles. The molecule has 0 fully saturated rings. The first-order chi connectivity index (χ1) is 24.5. The Balaban J connectivity index is 1.15. The van der Waals surface area contributed by atoms with Crippen molar-refractivity contribution in [1.82, 2.24) is 15.0 Å². The minimum atomic E-state index is -1.78. The molecule has 7 aromatic carbocycles. The van der Waals surface area contributed by atoms with Crippen molar-refractivity contribution in [2.24, 2.45) is 0 Å². The zero-order valence-corrected chi connectivity index (χ0v) is 29.5. The standard InChI is InChI=1S/C45H31N3SSi/c1-50(2)40-17-8-6-12-34(40)37-27-33(24-25-41(37)50)44-46-43(30-21-18-29(19-22-30)32-23-20-28-10-3-4-11-31(28)26-32)47-45(48-44)36-14-9-16-39-42(36)35-13-5-7-15-38(35)49-39/h3-27H,1-2H3. The lowest BCUT2D eigenvalue weighted by molar-refractivity contribution is 1.08. The second-order valence-corrected chi connectivity index (χ2v) is 19.1. The van der Waals surface area contributed by atoms with Crippen LogP contribution >= 0.6 is 11.3 Å². The molecule has 3 heterocycles. The molecule has 1 aliphatic heterocycles. The summed E-state index contributed by atoms with van der Waals surface area (Å²) in [4.78, 5) is 15.6. The quantitative estimate of drug-likeness (QED) is 0.175. The van der Waals surface area contributed by atoms with Gasteiger partial charge < -0.3 is 0 Å². The lowest BCUT2D eigenvalue weighted by Gasteiger charge is -2.18. The molecule has 0 amide bonds. The van der Waals surface area contributed by atoms with Crippen molar-refractivity contribution < 1.29 is 0 Å². The fourth-order valence-electron chi connectivity index (χ4n) is 7.76. The molecule has 2 aromatic heterocycles. The van der Waals surface area contributed by atoms with Crippen molar-refractivity contribution >= 4 is 60.7 Å². The van der Waals surface area contributed by atoms with E-state index in [2.05, 4.69) is 165 Å². The van der Waals surface area contributed by atoms with Crippen LogP contribution in [0.15, 0.2) is 152 Å². The van der Waals surface area contributed by atoms with Gasteiger partial charge in [-0.05, 0) is 67.7 Å². The molecule has 10 rings (SSSR count). The van der Waals surface area contributed by atoms with Gasteiger partial charge in [-0.25, -0.2) is 15.0 Å². The fraction of sp³-hybridized carbons (Fsp3) is 0.0444. The van der Waals surface area contributed by atoms with Crippen LogP contribution in [-0.4, -0.2) is 23.0 Å². The first-order valence-corrected chi connectivity index (χ1v) is 20.8. The average Bonchev–Trinajstić information content (AvgIpc) is 3.66. The summed E-state index contributed by atoms with van der Waals surface area (Å²) in [6.07, 6.45) is 0. The number of nitrogens with zero attached hydrogens (tertiary/aromatic N) is 3. The second-order valence-electron chi connectivity index (χ2n) is 13.7. The topological polar surface area (TPSA) is 38.7 Å². The zero-order chi connectivity index (χ0) is 33.4. The number of aromatic nitrogens is 3. The maximum Gasteiger partial charge on any atom is 0.164 e. The van der Waals surface area contributed by atoms with Crippen LogP contribution in [0.25, 0.3) is 87.4 Å². The van der Waals surface area contributed by atoms with Gasteiger partial charge in [0.1, 0.15) is 8.07 Å². The largest absolute Gasteiger partial charge is 0.208 e. The Kier molecular flexibility index (Phi) is 6.50. The third-order valence-electron chi connectivity index (χ3n) is 10.3. The van der Waals surface area contributed by atoms with Gasteiger partial charge in [-0.3, -0.25) is 0 Å². The smallest absolute Gasteiger partial charge is 0.164 e. The van der Waals surface area contributed by atoms with Crippen LogP contribution in [0.1, 0.15) is 0 Å². The van der Waals surface area contributed by atoms with Crippen LogP contribution in [0.5, 0.6) is 0 Å². The molecule has 0 saturated carbocycles. The van der Waals surface area contributed by atoms with Crippen molar-refractivity contribution in [3.8, 4) is 56.4 Å². The van der Waals surface area contributed by atoms with Gasteiger partial charge in [-0.15, -0.1) is 11.3 Å². The van der Waals surface area contributed by atoms with E-state index >= 15 is 0 Å². The fourth-order valence-corrected chi connectivity index (χ4v) is 12.0. The maximum atomic E-state index is 5.24. The lowest BCUT2D eigenvalue weighted by Crippen LogP contribution is -2.49. The maximum absolute atomic E-state index is 5.24. The van der Waals surface area contributed by atoms with Crippen LogP contribution in [0, 0.1) is 0 Å². The molecule has 3 nitrogen and oxygen atoms in total. The predicted octanol–water partition coefficient (Wildman–Crippen LogP) is 10.9. The molecular weight excluding hydrogens is 643 g/mol. The summed E-state index contributed by atoms with van der Waals surface area (Å²) in [5.41, 5.74) is 7.99. The molecule has 0 spiro atoms. The summed E-state index contributed by atoms with van der Waals surface area (Å²) in [5.74, 6) is 2.04. The number of hydrogen-bond donors (Lipinski definition) is 0. The zero-order valence-electron chi connectivity index (χ0n) is 27.7. The Hall–Kier alpha value is -5.75. The van der Waals surface area contributed by atoms with Crippen LogP contribution in [0.2, 0.25) is 13.1 Å². The normalized spacial score (nSPS) is 13.2. The molecule has 236 valence electrons. The molecule has 50 heavy (non-hydrogen) atoms. The number of fused-ring (bicyclic) bond motifs is 7. The first kappa shape index (κ1) is 29.2. The van der Waals surface area contributed by atoms with E-state index in [-0.39, 0.29) is 0 Å². The predicted molar refractivity (Wildman–Crippen MR) is 214 cm³/mol. The van der Waals surface area contributed by atoms with Crippen LogP contribution in [-0.2, 0) is 0 Å². The van der Waals surface area contributed by atoms with E-state index in [1.165, 1.54) is 58.0 Å². The minimum absolute atomic E-state index is 0.669. The minimum Gasteiger partial charge on any atom is -0.208 e. The van der Waals surface area contributed by atoms with E-state index < -0.39 is 8.07 Å². The second kappa shape index (κ2) is 11.1. The monoisotopic (exact) mass is 673 g/mol. The Labute approximate surface area is 295 Å². The molecule has 0 atom stereocenters. The summed E-state index contributed by atoms with van der Waals surface area (Å²) in [7, 11) is -1.78. The highest BCUT2D eigenvalue weighted by molar-refractivity contribution is 7.25. The number of benzene rings is 7. The van der Waals surface area contributed by atoms with Crippen molar-refractivity contribution in [3.63, 3.8) is 0 Å². The summed E-state index contributed by atoms with van der Waals surface area (Å²) in [6, 6.07) is 54.6. The van der Waals surface area contributed by atoms with Gasteiger partial charge in [-0.1, -0.05) is 140 Å². The Morgan fingerprint density at radius 3 is 1.92 bits per heavy atom. The molecular formula is C45H31N3SSi. The highest BCUT2D eigenvalue weighted by atomic mass is 32.1. The van der Waals surface area contributed by atoms with Gasteiger partial charge in [0, 0.05) is 36.9 Å². The summed E-state index contributed by atoms with van der Waals surface area (Å²) < 4.78 is 2.49. The van der Waals surface area contributed by atoms with E-state index in [1.54, 1.807) is 0 Å². The number of rotatable bonds is 4. The summed E-state index contributed by atoms with van der Waals surface area (Å²) >= 11 is 1.81. The molecule has 9 aromatic rings. The molecule has 0 unspecified atom stereocenters. The van der Waals surface area contributed by atoms with Crippen LogP contribution in [0.4, 0.5) is 0 Å². The first-order valence-electron chi connectivity index (χ1n) is 17.0. The Morgan fingerprint density at radius 2 is 1.04 bits per heavy atom. The van der Waals surface area contributed by atoms with Crippen molar-refractivity contribution in [2.45, 2.75) is 13.1 Å². The third kappa shape index (κ3) is 4.58. The molecule has 1 aliphatic rings. The highest BCUT2D eigenvalue weighted by Crippen LogP contribution is 2.40. The van der Waals surface area contributed by atoms with Gasteiger partial charge in [0.15, 0.2) is 17.5 Å². The van der Waals surface area contributed by atoms with Crippen molar-refractivity contribution in [2.75, 3.05) is 0 Å². The molecule has 5 heteroatoms. The highest BCUT2D eigenvalue weighted by Gasteiger charge is 2.37. The van der Waals surface area contributed by atoms with E-state index in [9.17, 15) is 0 Å². The Bertz CT molecular complexity index is 2800. The van der Waals surface area contributed by atoms with Gasteiger partial charge in [0.2, 0.25) is 0 Å². The number of hydrogen-bond acceptors (Lipinski definition) is 4. The van der Waals surface area contributed by atoms with Gasteiger partial charge in [0.05, 0.1) is 0 Å². The van der Waals surface area contributed by atoms with Gasteiger partial charge in [-0.2, -0.15) is 0 Å². The van der Waals surface area contributed by atoms with Gasteiger partial charge >= 0.3 is 0 Å². The Morgan fingerprint density at radius 1 is 0.420 bits per heavy atom. The summed E-state index contributed by atoms with van der Waals surface area (Å²) in [5, 5.41) is 7.86.